The molecule has 0 N–H and O–H groups in total. The molecule has 0 unspecified atom stereocenters. The van der Waals surface area contributed by atoms with Gasteiger partial charge in [0.1, 0.15) is 11.3 Å². The van der Waals surface area contributed by atoms with Crippen LogP contribution in [0.1, 0.15) is 11.1 Å². The zero-order valence-electron chi connectivity index (χ0n) is 14.3. The lowest BCUT2D eigenvalue weighted by Gasteiger charge is -2.03. The summed E-state index contributed by atoms with van der Waals surface area (Å²) >= 11 is 0. The maximum absolute atomic E-state index is 13.3. The summed E-state index contributed by atoms with van der Waals surface area (Å²) in [5.74, 6) is -1.71. The molecule has 27 heavy (non-hydrogen) atoms. The Morgan fingerprint density at radius 1 is 1.00 bits per heavy atom. The molecule has 6 nitrogen and oxygen atoms in total. The molecular formula is C19H12F2N3O3. The minimum atomic E-state index is -1.04. The van der Waals surface area contributed by atoms with Crippen LogP contribution < -0.4 is 4.74 Å². The van der Waals surface area contributed by atoms with Gasteiger partial charge in [-0.1, -0.05) is 0 Å². The normalized spacial score (nSPS) is 11.1. The maximum atomic E-state index is 13.3. The molecule has 8 heteroatoms. The van der Waals surface area contributed by atoms with Gasteiger partial charge in [-0.25, -0.2) is 18.7 Å². The largest absolute Gasteiger partial charge is 0.424 e. The summed E-state index contributed by atoms with van der Waals surface area (Å²) in [7, 11) is 0. The Labute approximate surface area is 152 Å². The van der Waals surface area contributed by atoms with Crippen LogP contribution in [-0.2, 0) is 5.11 Å². The van der Waals surface area contributed by atoms with Crippen molar-refractivity contribution >= 4 is 11.2 Å². The zero-order valence-corrected chi connectivity index (χ0v) is 14.3. The Morgan fingerprint density at radius 2 is 1.74 bits per heavy atom. The van der Waals surface area contributed by atoms with E-state index < -0.39 is 11.6 Å². The Morgan fingerprint density at radius 3 is 2.44 bits per heavy atom. The van der Waals surface area contributed by atoms with Gasteiger partial charge >= 0.3 is 6.01 Å². The first kappa shape index (κ1) is 16.9. The number of rotatable bonds is 3. The first-order valence-electron chi connectivity index (χ1n) is 7.96. The maximum Gasteiger partial charge on any atom is 0.325 e. The first-order valence-corrected chi connectivity index (χ1v) is 7.96. The number of aromatic nitrogens is 3. The average Bonchev–Trinajstić information content (AvgIpc) is 3.06. The van der Waals surface area contributed by atoms with E-state index in [1.54, 1.807) is 26.0 Å². The number of hydrogen-bond donors (Lipinski definition) is 0. The predicted octanol–water partition coefficient (Wildman–Crippen LogP) is 5.12. The number of hydrogen-bond acceptors (Lipinski definition) is 5. The molecule has 0 fully saturated rings. The number of benzene rings is 2. The topological polar surface area (TPSA) is 80.9 Å². The van der Waals surface area contributed by atoms with Crippen LogP contribution in [-0.4, -0.2) is 15.0 Å². The molecule has 4 rings (SSSR count). The fraction of sp³-hybridized carbons (Fsp3) is 0.105. The van der Waals surface area contributed by atoms with Gasteiger partial charge in [-0.2, -0.15) is 4.98 Å². The van der Waals surface area contributed by atoms with E-state index in [1.807, 2.05) is 0 Å². The van der Waals surface area contributed by atoms with Crippen LogP contribution in [0, 0.1) is 25.5 Å². The predicted molar refractivity (Wildman–Crippen MR) is 91.1 cm³/mol. The third-order valence-electron chi connectivity index (χ3n) is 3.94. The van der Waals surface area contributed by atoms with Gasteiger partial charge in [0, 0.05) is 11.6 Å². The SMILES string of the molecule is Cc1cc(-c2nc3cnc(Oc4ccc(F)c(F)c4)nc3o2)cc(C)c1[O]. The summed E-state index contributed by atoms with van der Waals surface area (Å²) in [5, 5.41) is 11.8. The highest BCUT2D eigenvalue weighted by Gasteiger charge is 2.15. The molecule has 0 saturated carbocycles. The monoisotopic (exact) mass is 368 g/mol. The van der Waals surface area contributed by atoms with Crippen molar-refractivity contribution < 1.29 is 23.0 Å². The lowest BCUT2D eigenvalue weighted by atomic mass is 10.1. The van der Waals surface area contributed by atoms with Crippen LogP contribution >= 0.6 is 0 Å². The Bertz CT molecular complexity index is 1150. The molecule has 0 atom stereocenters. The number of oxazole rings is 1. The third kappa shape index (κ3) is 3.17. The van der Waals surface area contributed by atoms with Crippen LogP contribution in [0.3, 0.4) is 0 Å². The first-order chi connectivity index (χ1) is 12.9. The molecule has 1 radical (unpaired) electrons. The highest BCUT2D eigenvalue weighted by atomic mass is 19.2. The van der Waals surface area contributed by atoms with Crippen molar-refractivity contribution in [3.05, 3.63) is 59.3 Å². The van der Waals surface area contributed by atoms with E-state index in [2.05, 4.69) is 15.0 Å². The molecule has 0 saturated heterocycles. The lowest BCUT2D eigenvalue weighted by Crippen LogP contribution is -1.93. The highest BCUT2D eigenvalue weighted by Crippen LogP contribution is 2.31. The molecule has 2 aromatic heterocycles. The van der Waals surface area contributed by atoms with Crippen LogP contribution in [0.2, 0.25) is 0 Å². The molecule has 0 aliphatic heterocycles. The second-order valence-electron chi connectivity index (χ2n) is 5.98. The molecule has 4 aromatic rings. The number of ether oxygens (including phenoxy) is 1. The van der Waals surface area contributed by atoms with Gasteiger partial charge in [0.2, 0.25) is 5.89 Å². The average molecular weight is 368 g/mol. The summed E-state index contributed by atoms with van der Waals surface area (Å²) in [6.07, 6.45) is 1.40. The molecule has 0 spiro atoms. The van der Waals surface area contributed by atoms with Crippen LogP contribution in [0.15, 0.2) is 40.9 Å². The van der Waals surface area contributed by atoms with Crippen molar-refractivity contribution in [2.75, 3.05) is 0 Å². The fourth-order valence-electron chi connectivity index (χ4n) is 2.61. The van der Waals surface area contributed by atoms with E-state index >= 15 is 0 Å². The van der Waals surface area contributed by atoms with E-state index in [1.165, 1.54) is 12.3 Å². The van der Waals surface area contributed by atoms with E-state index in [-0.39, 0.29) is 29.1 Å². The van der Waals surface area contributed by atoms with E-state index in [9.17, 15) is 13.9 Å². The van der Waals surface area contributed by atoms with Gasteiger partial charge in [0.25, 0.3) is 5.71 Å². The van der Waals surface area contributed by atoms with Gasteiger partial charge in [-0.05, 0) is 49.2 Å². The van der Waals surface area contributed by atoms with Crippen LogP contribution in [0.5, 0.6) is 17.5 Å². The van der Waals surface area contributed by atoms with Gasteiger partial charge in [0.05, 0.1) is 6.20 Å². The fourth-order valence-corrected chi connectivity index (χ4v) is 2.61. The lowest BCUT2D eigenvalue weighted by molar-refractivity contribution is 0.348. The Hall–Kier alpha value is -3.55. The van der Waals surface area contributed by atoms with E-state index in [0.717, 1.165) is 12.1 Å². The van der Waals surface area contributed by atoms with E-state index in [0.29, 0.717) is 22.2 Å². The minimum Gasteiger partial charge on any atom is -0.424 e. The third-order valence-corrected chi connectivity index (χ3v) is 3.94. The Kier molecular flexibility index (Phi) is 3.95. The van der Waals surface area contributed by atoms with Crippen LogP contribution in [0.4, 0.5) is 8.78 Å². The molecular weight excluding hydrogens is 356 g/mol. The second-order valence-corrected chi connectivity index (χ2v) is 5.98. The molecule has 0 aliphatic rings. The summed E-state index contributed by atoms with van der Waals surface area (Å²) in [4.78, 5) is 12.4. The molecule has 2 heterocycles. The second kappa shape index (κ2) is 6.31. The number of halogens is 2. The van der Waals surface area contributed by atoms with Gasteiger partial charge in [-0.15, -0.1) is 0 Å². The highest BCUT2D eigenvalue weighted by molar-refractivity contribution is 5.72. The van der Waals surface area contributed by atoms with Crippen molar-refractivity contribution in [2.45, 2.75) is 13.8 Å². The van der Waals surface area contributed by atoms with Crippen LogP contribution in [0.25, 0.3) is 22.7 Å². The number of nitrogens with zero attached hydrogens (tertiary/aromatic N) is 3. The van der Waals surface area contributed by atoms with Crippen molar-refractivity contribution in [2.24, 2.45) is 0 Å². The van der Waals surface area contributed by atoms with Gasteiger partial charge in [0.15, 0.2) is 17.4 Å². The molecule has 0 aliphatic carbocycles. The number of aryl methyl sites for hydroxylation is 2. The standard InChI is InChI=1S/C19H12F2N3O3/c1-9-5-11(6-10(2)16(9)25)17-23-15-8-22-19(24-18(15)27-17)26-12-3-4-13(20)14(21)7-12/h3-8H,1-2H3. The zero-order chi connectivity index (χ0) is 19.1. The smallest absolute Gasteiger partial charge is 0.325 e. The quantitative estimate of drug-likeness (QED) is 0.501. The molecule has 2 aromatic carbocycles. The summed E-state index contributed by atoms with van der Waals surface area (Å²) in [6.45, 7) is 3.43. The van der Waals surface area contributed by atoms with Crippen molar-refractivity contribution in [3.8, 4) is 29.0 Å². The summed E-state index contributed by atoms with van der Waals surface area (Å²) in [5.41, 5.74) is 2.37. The molecule has 0 amide bonds. The Balaban J connectivity index is 1.68. The van der Waals surface area contributed by atoms with Crippen molar-refractivity contribution in [1.29, 1.82) is 0 Å². The van der Waals surface area contributed by atoms with E-state index in [4.69, 9.17) is 9.15 Å². The number of fused-ring (bicyclic) bond motifs is 1. The summed E-state index contributed by atoms with van der Waals surface area (Å²) < 4.78 is 37.2. The van der Waals surface area contributed by atoms with Gasteiger partial charge < -0.3 is 9.15 Å². The summed E-state index contributed by atoms with van der Waals surface area (Å²) in [6, 6.07) is 6.37. The van der Waals surface area contributed by atoms with Crippen molar-refractivity contribution in [1.82, 2.24) is 15.0 Å². The molecule has 0 bridgehead atoms. The van der Waals surface area contributed by atoms with Crippen molar-refractivity contribution in [3.63, 3.8) is 0 Å². The molecule has 135 valence electrons. The minimum absolute atomic E-state index is 0.0307. The van der Waals surface area contributed by atoms with Gasteiger partial charge in [-0.3, -0.25) is 5.11 Å².